The molecule has 0 radical (unpaired) electrons. The molecule has 1 heterocycles. The first-order valence-corrected chi connectivity index (χ1v) is 6.17. The summed E-state index contributed by atoms with van der Waals surface area (Å²) in [5.41, 5.74) is 1.16. The molecule has 1 N–H and O–H groups in total. The molecule has 0 spiro atoms. The van der Waals surface area contributed by atoms with Crippen LogP contribution in [0.25, 0.3) is 0 Å². The van der Waals surface area contributed by atoms with Crippen molar-refractivity contribution in [1.29, 1.82) is 0 Å². The van der Waals surface area contributed by atoms with Crippen LogP contribution in [0.3, 0.4) is 0 Å². The standard InChI is InChI=1S/C15H17NO3/c1-10-4-6-11(7-5-10)16-14(18)13-8-12(17)9-15(2,3)19-13/h4-8H,9H2,1-3H3,(H,16,18). The van der Waals surface area contributed by atoms with Crippen molar-refractivity contribution in [2.75, 3.05) is 5.32 Å². The normalized spacial score (nSPS) is 17.4. The summed E-state index contributed by atoms with van der Waals surface area (Å²) in [6, 6.07) is 7.43. The van der Waals surface area contributed by atoms with Crippen LogP contribution in [-0.2, 0) is 14.3 Å². The highest BCUT2D eigenvalue weighted by Crippen LogP contribution is 2.25. The molecule has 4 nitrogen and oxygen atoms in total. The number of hydrogen-bond acceptors (Lipinski definition) is 3. The Labute approximate surface area is 112 Å². The Morgan fingerprint density at radius 2 is 1.89 bits per heavy atom. The number of nitrogens with one attached hydrogen (secondary N) is 1. The van der Waals surface area contributed by atoms with Gasteiger partial charge in [0.25, 0.3) is 5.91 Å². The minimum Gasteiger partial charge on any atom is -0.481 e. The van der Waals surface area contributed by atoms with Crippen LogP contribution in [-0.4, -0.2) is 17.3 Å². The lowest BCUT2D eigenvalue weighted by Crippen LogP contribution is -2.34. The third kappa shape index (κ3) is 3.44. The lowest BCUT2D eigenvalue weighted by molar-refractivity contribution is -0.128. The Morgan fingerprint density at radius 3 is 2.47 bits per heavy atom. The van der Waals surface area contributed by atoms with E-state index in [1.54, 1.807) is 13.8 Å². The number of aryl methyl sites for hydroxylation is 1. The van der Waals surface area contributed by atoms with Crippen molar-refractivity contribution < 1.29 is 14.3 Å². The van der Waals surface area contributed by atoms with Crippen molar-refractivity contribution in [2.45, 2.75) is 32.8 Å². The number of ketones is 1. The molecule has 0 fully saturated rings. The van der Waals surface area contributed by atoms with Crippen LogP contribution in [0.5, 0.6) is 0 Å². The van der Waals surface area contributed by atoms with Crippen LogP contribution in [0.2, 0.25) is 0 Å². The van der Waals surface area contributed by atoms with E-state index in [-0.39, 0.29) is 18.0 Å². The maximum atomic E-state index is 12.0. The first kappa shape index (κ1) is 13.3. The fraction of sp³-hybridized carbons (Fsp3) is 0.333. The van der Waals surface area contributed by atoms with E-state index in [1.807, 2.05) is 31.2 Å². The summed E-state index contributed by atoms with van der Waals surface area (Å²) in [5.74, 6) is -0.419. The molecule has 19 heavy (non-hydrogen) atoms. The molecule has 0 unspecified atom stereocenters. The van der Waals surface area contributed by atoms with Gasteiger partial charge in [0.15, 0.2) is 11.5 Å². The van der Waals surface area contributed by atoms with Crippen molar-refractivity contribution in [3.8, 4) is 0 Å². The van der Waals surface area contributed by atoms with E-state index in [9.17, 15) is 9.59 Å². The number of allylic oxidation sites excluding steroid dienone is 1. The van der Waals surface area contributed by atoms with E-state index in [0.717, 1.165) is 5.56 Å². The van der Waals surface area contributed by atoms with Crippen LogP contribution in [0.4, 0.5) is 5.69 Å². The Morgan fingerprint density at radius 1 is 1.26 bits per heavy atom. The van der Waals surface area contributed by atoms with Crippen molar-refractivity contribution in [1.82, 2.24) is 0 Å². The monoisotopic (exact) mass is 259 g/mol. The summed E-state index contributed by atoms with van der Waals surface area (Å²) < 4.78 is 5.53. The van der Waals surface area contributed by atoms with Gasteiger partial charge in [-0.25, -0.2) is 0 Å². The highest BCUT2D eigenvalue weighted by molar-refractivity contribution is 6.07. The molecule has 0 saturated carbocycles. The minimum atomic E-state index is -0.633. The van der Waals surface area contributed by atoms with E-state index in [4.69, 9.17) is 4.74 Å². The molecule has 100 valence electrons. The third-order valence-corrected chi connectivity index (χ3v) is 2.81. The number of anilines is 1. The first-order chi connectivity index (χ1) is 8.85. The van der Waals surface area contributed by atoms with Gasteiger partial charge in [-0.1, -0.05) is 17.7 Å². The number of hydrogen-bond donors (Lipinski definition) is 1. The number of amides is 1. The Balaban J connectivity index is 2.12. The third-order valence-electron chi connectivity index (χ3n) is 2.81. The van der Waals surface area contributed by atoms with Gasteiger partial charge in [0.1, 0.15) is 5.60 Å². The van der Waals surface area contributed by atoms with Gasteiger partial charge in [0, 0.05) is 18.2 Å². The van der Waals surface area contributed by atoms with E-state index >= 15 is 0 Å². The Kier molecular flexibility index (Phi) is 3.42. The molecule has 1 aromatic rings. The molecule has 1 aliphatic rings. The van der Waals surface area contributed by atoms with Gasteiger partial charge in [0.2, 0.25) is 0 Å². The van der Waals surface area contributed by atoms with E-state index < -0.39 is 11.5 Å². The molecule has 1 aliphatic heterocycles. The van der Waals surface area contributed by atoms with Gasteiger partial charge < -0.3 is 10.1 Å². The maximum Gasteiger partial charge on any atom is 0.290 e. The molecular weight excluding hydrogens is 242 g/mol. The van der Waals surface area contributed by atoms with Gasteiger partial charge in [-0.15, -0.1) is 0 Å². The van der Waals surface area contributed by atoms with Crippen LogP contribution in [0, 0.1) is 6.92 Å². The van der Waals surface area contributed by atoms with E-state index in [0.29, 0.717) is 5.69 Å². The second-order valence-electron chi connectivity index (χ2n) is 5.33. The fourth-order valence-electron chi connectivity index (χ4n) is 1.92. The smallest absolute Gasteiger partial charge is 0.290 e. The molecule has 0 aromatic heterocycles. The SMILES string of the molecule is Cc1ccc(NC(=O)C2=CC(=O)CC(C)(C)O2)cc1. The van der Waals surface area contributed by atoms with Crippen molar-refractivity contribution in [2.24, 2.45) is 0 Å². The Bertz CT molecular complexity index is 541. The topological polar surface area (TPSA) is 55.4 Å². The quantitative estimate of drug-likeness (QED) is 0.888. The zero-order valence-corrected chi connectivity index (χ0v) is 11.3. The molecule has 0 atom stereocenters. The number of ether oxygens (including phenoxy) is 1. The van der Waals surface area contributed by atoms with Gasteiger partial charge in [0.05, 0.1) is 0 Å². The average Bonchev–Trinajstić information content (AvgIpc) is 2.29. The second kappa shape index (κ2) is 4.88. The highest BCUT2D eigenvalue weighted by atomic mass is 16.5. The molecule has 1 amide bonds. The van der Waals surface area contributed by atoms with E-state index in [2.05, 4.69) is 5.32 Å². The van der Waals surface area contributed by atoms with Crippen LogP contribution in [0.1, 0.15) is 25.8 Å². The minimum absolute atomic E-state index is 0.0711. The zero-order valence-electron chi connectivity index (χ0n) is 11.3. The van der Waals surface area contributed by atoms with Gasteiger partial charge in [-0.2, -0.15) is 0 Å². The molecule has 0 saturated heterocycles. The van der Waals surface area contributed by atoms with Crippen LogP contribution < -0.4 is 5.32 Å². The van der Waals surface area contributed by atoms with Crippen molar-refractivity contribution in [3.63, 3.8) is 0 Å². The number of carbonyl (C=O) groups excluding carboxylic acids is 2. The lowest BCUT2D eigenvalue weighted by Gasteiger charge is -2.29. The van der Waals surface area contributed by atoms with Crippen LogP contribution >= 0.6 is 0 Å². The van der Waals surface area contributed by atoms with Crippen molar-refractivity contribution >= 4 is 17.4 Å². The molecule has 4 heteroatoms. The molecule has 0 bridgehead atoms. The summed E-state index contributed by atoms with van der Waals surface area (Å²) in [6.45, 7) is 5.55. The summed E-state index contributed by atoms with van der Waals surface area (Å²) in [5, 5.41) is 2.71. The average molecular weight is 259 g/mol. The van der Waals surface area contributed by atoms with Gasteiger partial charge >= 0.3 is 0 Å². The predicted octanol–water partition coefficient (Wildman–Crippen LogP) is 2.59. The number of benzene rings is 1. The first-order valence-electron chi connectivity index (χ1n) is 6.17. The Hall–Kier alpha value is -2.10. The molecular formula is C15H17NO3. The van der Waals surface area contributed by atoms with E-state index in [1.165, 1.54) is 6.08 Å². The van der Waals surface area contributed by atoms with Crippen molar-refractivity contribution in [3.05, 3.63) is 41.7 Å². The number of carbonyl (C=O) groups is 2. The maximum absolute atomic E-state index is 12.0. The largest absolute Gasteiger partial charge is 0.481 e. The zero-order chi connectivity index (χ0) is 14.0. The summed E-state index contributed by atoms with van der Waals surface area (Å²) in [6.07, 6.45) is 1.54. The molecule has 1 aromatic carbocycles. The summed E-state index contributed by atoms with van der Waals surface area (Å²) in [7, 11) is 0. The summed E-state index contributed by atoms with van der Waals surface area (Å²) in [4.78, 5) is 23.6. The second-order valence-corrected chi connectivity index (χ2v) is 5.33. The van der Waals surface area contributed by atoms with Crippen LogP contribution in [0.15, 0.2) is 36.1 Å². The lowest BCUT2D eigenvalue weighted by atomic mass is 9.98. The number of rotatable bonds is 2. The molecule has 2 rings (SSSR count). The molecule has 0 aliphatic carbocycles. The predicted molar refractivity (Wildman–Crippen MR) is 72.7 cm³/mol. The summed E-state index contributed by atoms with van der Waals surface area (Å²) >= 11 is 0. The van der Waals surface area contributed by atoms with Gasteiger partial charge in [-0.3, -0.25) is 9.59 Å². The highest BCUT2D eigenvalue weighted by Gasteiger charge is 2.31. The van der Waals surface area contributed by atoms with Gasteiger partial charge in [-0.05, 0) is 32.9 Å². The fourth-order valence-corrected chi connectivity index (χ4v) is 1.92.